The maximum atomic E-state index is 12.3. The molecule has 2 aromatic rings. The molecule has 2 rings (SSSR count). The van der Waals surface area contributed by atoms with E-state index in [1.807, 2.05) is 6.92 Å². The molecular formula is C10H11BrN4O3S. The van der Waals surface area contributed by atoms with E-state index in [2.05, 4.69) is 40.6 Å². The van der Waals surface area contributed by atoms with Crippen LogP contribution in [-0.4, -0.2) is 25.1 Å². The molecule has 0 bridgehead atoms. The van der Waals surface area contributed by atoms with Crippen molar-refractivity contribution in [2.45, 2.75) is 11.8 Å². The van der Waals surface area contributed by atoms with Gasteiger partial charge in [0.2, 0.25) is 0 Å². The quantitative estimate of drug-likeness (QED) is 0.859. The number of pyridine rings is 1. The van der Waals surface area contributed by atoms with Crippen LogP contribution in [0.2, 0.25) is 0 Å². The normalized spacial score (nSPS) is 11.3. The Bertz CT molecular complexity index is 657. The van der Waals surface area contributed by atoms with Crippen molar-refractivity contribution in [1.29, 1.82) is 0 Å². The van der Waals surface area contributed by atoms with Gasteiger partial charge in [-0.3, -0.25) is 4.72 Å². The number of aromatic nitrogens is 2. The Labute approximate surface area is 118 Å². The number of nitrogens with one attached hydrogen (secondary N) is 2. The summed E-state index contributed by atoms with van der Waals surface area (Å²) in [6.45, 7) is 2.41. The molecule has 0 radical (unpaired) electrons. The van der Waals surface area contributed by atoms with Crippen LogP contribution in [0.4, 0.5) is 11.6 Å². The van der Waals surface area contributed by atoms with Crippen LogP contribution in [0.25, 0.3) is 0 Å². The summed E-state index contributed by atoms with van der Waals surface area (Å²) < 4.78 is 32.0. The van der Waals surface area contributed by atoms with Gasteiger partial charge in [-0.15, -0.1) is 0 Å². The van der Waals surface area contributed by atoms with Crippen LogP contribution >= 0.6 is 15.9 Å². The van der Waals surface area contributed by atoms with Crippen molar-refractivity contribution in [2.24, 2.45) is 0 Å². The Morgan fingerprint density at radius 2 is 2.26 bits per heavy atom. The summed E-state index contributed by atoms with van der Waals surface area (Å²) in [5.41, 5.74) is 0. The maximum absolute atomic E-state index is 12.3. The number of sulfonamides is 1. The zero-order valence-electron chi connectivity index (χ0n) is 9.92. The van der Waals surface area contributed by atoms with Gasteiger partial charge in [0.25, 0.3) is 10.0 Å². The predicted molar refractivity (Wildman–Crippen MR) is 73.4 cm³/mol. The van der Waals surface area contributed by atoms with Crippen molar-refractivity contribution >= 4 is 37.6 Å². The molecule has 0 unspecified atom stereocenters. The summed E-state index contributed by atoms with van der Waals surface area (Å²) >= 11 is 3.20. The number of hydrogen-bond acceptors (Lipinski definition) is 6. The summed E-state index contributed by atoms with van der Waals surface area (Å²) in [5.74, 6) is 0.393. The van der Waals surface area contributed by atoms with E-state index >= 15 is 0 Å². The summed E-state index contributed by atoms with van der Waals surface area (Å²) in [6, 6.07) is 2.88. The molecule has 0 aliphatic rings. The monoisotopic (exact) mass is 346 g/mol. The molecule has 2 heterocycles. The Balaban J connectivity index is 2.41. The molecular weight excluding hydrogens is 336 g/mol. The third-order valence-electron chi connectivity index (χ3n) is 2.13. The predicted octanol–water partition coefficient (Wildman–Crippen LogP) is 2.06. The minimum Gasteiger partial charge on any atom is -0.369 e. The van der Waals surface area contributed by atoms with E-state index in [0.717, 1.165) is 0 Å². The SMILES string of the molecule is CCNc1ncc(Br)cc1S(=O)(=O)Nc1ccon1. The first kappa shape index (κ1) is 13.8. The number of anilines is 2. The van der Waals surface area contributed by atoms with Crippen LogP contribution in [0, 0.1) is 0 Å². The van der Waals surface area contributed by atoms with Crippen molar-refractivity contribution in [3.05, 3.63) is 29.1 Å². The highest BCUT2D eigenvalue weighted by molar-refractivity contribution is 9.10. The zero-order valence-corrected chi connectivity index (χ0v) is 12.3. The third kappa shape index (κ3) is 3.24. The van der Waals surface area contributed by atoms with Gasteiger partial charge in [0, 0.05) is 23.3 Å². The summed E-state index contributed by atoms with van der Waals surface area (Å²) in [6.07, 6.45) is 2.80. The molecule has 0 atom stereocenters. The highest BCUT2D eigenvalue weighted by Crippen LogP contribution is 2.24. The average molecular weight is 347 g/mol. The van der Waals surface area contributed by atoms with Gasteiger partial charge in [-0.2, -0.15) is 0 Å². The fraction of sp³-hybridized carbons (Fsp3) is 0.200. The molecule has 0 aliphatic carbocycles. The van der Waals surface area contributed by atoms with E-state index < -0.39 is 10.0 Å². The molecule has 9 heteroatoms. The average Bonchev–Trinajstić information content (AvgIpc) is 2.83. The molecule has 0 saturated heterocycles. The standard InChI is InChI=1S/C10H11BrN4O3S/c1-2-12-10-8(5-7(11)6-13-10)19(16,17)15-9-3-4-18-14-9/h3-6H,2H2,1H3,(H,12,13)(H,14,15). The van der Waals surface area contributed by atoms with Gasteiger partial charge < -0.3 is 9.84 Å². The van der Waals surface area contributed by atoms with E-state index in [0.29, 0.717) is 11.0 Å². The van der Waals surface area contributed by atoms with Gasteiger partial charge in [0.1, 0.15) is 17.0 Å². The molecule has 2 aromatic heterocycles. The molecule has 0 aromatic carbocycles. The molecule has 0 amide bonds. The van der Waals surface area contributed by atoms with Gasteiger partial charge in [0.05, 0.1) is 0 Å². The Morgan fingerprint density at radius 3 is 2.89 bits per heavy atom. The number of rotatable bonds is 5. The van der Waals surface area contributed by atoms with Crippen molar-refractivity contribution in [1.82, 2.24) is 10.1 Å². The lowest BCUT2D eigenvalue weighted by Gasteiger charge is -2.11. The van der Waals surface area contributed by atoms with Crippen molar-refractivity contribution in [3.8, 4) is 0 Å². The molecule has 0 fully saturated rings. The first-order chi connectivity index (χ1) is 9.03. The van der Waals surface area contributed by atoms with E-state index in [4.69, 9.17) is 0 Å². The fourth-order valence-electron chi connectivity index (χ4n) is 1.38. The molecule has 7 nitrogen and oxygen atoms in total. The topological polar surface area (TPSA) is 97.1 Å². The molecule has 0 spiro atoms. The molecule has 19 heavy (non-hydrogen) atoms. The Hall–Kier alpha value is -1.61. The first-order valence-corrected chi connectivity index (χ1v) is 7.63. The molecule has 102 valence electrons. The smallest absolute Gasteiger partial charge is 0.266 e. The Morgan fingerprint density at radius 1 is 1.47 bits per heavy atom. The summed E-state index contributed by atoms with van der Waals surface area (Å²) in [5, 5.41) is 6.40. The van der Waals surface area contributed by atoms with Crippen molar-refractivity contribution in [3.63, 3.8) is 0 Å². The van der Waals surface area contributed by atoms with Gasteiger partial charge in [-0.25, -0.2) is 13.4 Å². The largest absolute Gasteiger partial charge is 0.369 e. The van der Waals surface area contributed by atoms with E-state index in [9.17, 15) is 8.42 Å². The second-order valence-corrected chi connectivity index (χ2v) is 6.09. The highest BCUT2D eigenvalue weighted by Gasteiger charge is 2.21. The van der Waals surface area contributed by atoms with E-state index in [1.165, 1.54) is 24.6 Å². The van der Waals surface area contributed by atoms with Gasteiger partial charge >= 0.3 is 0 Å². The minimum absolute atomic E-state index is 0.0340. The fourth-order valence-corrected chi connectivity index (χ4v) is 3.02. The Kier molecular flexibility index (Phi) is 4.05. The third-order valence-corrected chi connectivity index (χ3v) is 3.93. The van der Waals surface area contributed by atoms with Crippen LogP contribution in [-0.2, 0) is 10.0 Å². The molecule has 0 aliphatic heterocycles. The summed E-state index contributed by atoms with van der Waals surface area (Å²) in [4.78, 5) is 4.08. The van der Waals surface area contributed by atoms with E-state index in [1.54, 1.807) is 0 Å². The number of nitrogens with zero attached hydrogens (tertiary/aromatic N) is 2. The lowest BCUT2D eigenvalue weighted by atomic mass is 10.4. The second-order valence-electron chi connectivity index (χ2n) is 3.52. The van der Waals surface area contributed by atoms with Crippen molar-refractivity contribution < 1.29 is 12.9 Å². The van der Waals surface area contributed by atoms with Gasteiger partial charge in [-0.1, -0.05) is 5.16 Å². The lowest BCUT2D eigenvalue weighted by molar-refractivity contribution is 0.423. The number of hydrogen-bond donors (Lipinski definition) is 2. The van der Waals surface area contributed by atoms with Crippen LogP contribution in [0.15, 0.2) is 38.5 Å². The molecule has 2 N–H and O–H groups in total. The van der Waals surface area contributed by atoms with Crippen molar-refractivity contribution in [2.75, 3.05) is 16.6 Å². The minimum atomic E-state index is -3.79. The zero-order chi connectivity index (χ0) is 13.9. The lowest BCUT2D eigenvalue weighted by Crippen LogP contribution is -2.16. The second kappa shape index (κ2) is 5.57. The molecule has 0 saturated carbocycles. The summed E-state index contributed by atoms with van der Waals surface area (Å²) in [7, 11) is -3.79. The van der Waals surface area contributed by atoms with Crippen LogP contribution < -0.4 is 10.0 Å². The number of halogens is 1. The maximum Gasteiger partial charge on any atom is 0.266 e. The van der Waals surface area contributed by atoms with E-state index in [-0.39, 0.29) is 16.5 Å². The van der Waals surface area contributed by atoms with Crippen LogP contribution in [0.5, 0.6) is 0 Å². The first-order valence-electron chi connectivity index (χ1n) is 5.35. The van der Waals surface area contributed by atoms with Gasteiger partial charge in [-0.05, 0) is 28.9 Å². The van der Waals surface area contributed by atoms with Gasteiger partial charge in [0.15, 0.2) is 5.82 Å². The van der Waals surface area contributed by atoms with Crippen LogP contribution in [0.1, 0.15) is 6.92 Å². The highest BCUT2D eigenvalue weighted by atomic mass is 79.9. The van der Waals surface area contributed by atoms with Crippen LogP contribution in [0.3, 0.4) is 0 Å².